The average molecular weight is 183 g/mol. The number of hydrogen-bond acceptors (Lipinski definition) is 3. The van der Waals surface area contributed by atoms with Gasteiger partial charge in [-0.2, -0.15) is 0 Å². The van der Waals surface area contributed by atoms with Gasteiger partial charge in [-0.3, -0.25) is 0 Å². The van der Waals surface area contributed by atoms with Gasteiger partial charge in [-0.25, -0.2) is 4.98 Å². The Morgan fingerprint density at radius 1 is 1.67 bits per heavy atom. The van der Waals surface area contributed by atoms with Crippen molar-refractivity contribution in [2.75, 3.05) is 5.75 Å². The number of nitrogens with zero attached hydrogens (tertiary/aromatic N) is 1. The topological polar surface area (TPSA) is 33.1 Å². The Labute approximate surface area is 77.0 Å². The predicted octanol–water partition coefficient (Wildman–Crippen LogP) is 2.25. The lowest BCUT2D eigenvalue weighted by molar-refractivity contribution is 0.195. The van der Waals surface area contributed by atoms with Gasteiger partial charge < -0.3 is 5.11 Å². The summed E-state index contributed by atoms with van der Waals surface area (Å²) in [6, 6.07) is 3.76. The first kappa shape index (κ1) is 9.55. The monoisotopic (exact) mass is 183 g/mol. The molecule has 0 spiro atoms. The summed E-state index contributed by atoms with van der Waals surface area (Å²) in [5.74, 6) is 0.983. The first-order valence-corrected chi connectivity index (χ1v) is 5.00. The number of aliphatic hydroxyl groups excluding tert-OH is 1. The number of pyridine rings is 1. The maximum absolute atomic E-state index is 9.38. The number of rotatable bonds is 3. The molecule has 0 aliphatic heterocycles. The van der Waals surface area contributed by atoms with Crippen molar-refractivity contribution < 1.29 is 5.11 Å². The number of aliphatic hydroxyl groups is 1. The molecule has 2 nitrogen and oxygen atoms in total. The molecule has 0 saturated carbocycles. The van der Waals surface area contributed by atoms with Gasteiger partial charge in [0.25, 0.3) is 0 Å². The van der Waals surface area contributed by atoms with Gasteiger partial charge in [-0.05, 0) is 18.7 Å². The SMILES string of the molecule is CCSc1ncccc1[C@H](C)O. The van der Waals surface area contributed by atoms with E-state index in [1.165, 1.54) is 0 Å². The minimum Gasteiger partial charge on any atom is -0.389 e. The second-order valence-electron chi connectivity index (χ2n) is 2.51. The molecule has 0 fully saturated rings. The standard InChI is InChI=1S/C9H13NOS/c1-3-12-9-8(7(2)11)5-4-6-10-9/h4-7,11H,3H2,1-2H3/t7-/m0/s1. The Bertz CT molecular complexity index is 250. The summed E-state index contributed by atoms with van der Waals surface area (Å²) >= 11 is 1.66. The summed E-state index contributed by atoms with van der Waals surface area (Å²) in [5.41, 5.74) is 0.921. The van der Waals surface area contributed by atoms with Gasteiger partial charge in [0, 0.05) is 11.8 Å². The van der Waals surface area contributed by atoms with Crippen LogP contribution in [0.15, 0.2) is 23.4 Å². The van der Waals surface area contributed by atoms with Gasteiger partial charge in [0.1, 0.15) is 5.03 Å². The van der Waals surface area contributed by atoms with E-state index in [1.807, 2.05) is 12.1 Å². The van der Waals surface area contributed by atoms with Gasteiger partial charge in [-0.1, -0.05) is 13.0 Å². The summed E-state index contributed by atoms with van der Waals surface area (Å²) in [6.07, 6.45) is 1.33. The van der Waals surface area contributed by atoms with Crippen molar-refractivity contribution in [3.63, 3.8) is 0 Å². The highest BCUT2D eigenvalue weighted by Crippen LogP contribution is 2.24. The molecule has 3 heteroatoms. The van der Waals surface area contributed by atoms with Crippen LogP contribution in [0.25, 0.3) is 0 Å². The molecule has 0 unspecified atom stereocenters. The Hall–Kier alpha value is -0.540. The van der Waals surface area contributed by atoms with Crippen LogP contribution in [0, 0.1) is 0 Å². The molecule has 0 bridgehead atoms. The van der Waals surface area contributed by atoms with E-state index in [0.29, 0.717) is 0 Å². The highest BCUT2D eigenvalue weighted by atomic mass is 32.2. The van der Waals surface area contributed by atoms with Crippen LogP contribution in [0.3, 0.4) is 0 Å². The van der Waals surface area contributed by atoms with Crippen LogP contribution in [0.1, 0.15) is 25.5 Å². The van der Waals surface area contributed by atoms with Crippen molar-refractivity contribution >= 4 is 11.8 Å². The molecule has 0 amide bonds. The highest BCUT2D eigenvalue weighted by molar-refractivity contribution is 7.99. The zero-order valence-corrected chi connectivity index (χ0v) is 8.14. The van der Waals surface area contributed by atoms with Crippen molar-refractivity contribution in [2.24, 2.45) is 0 Å². The Balaban J connectivity index is 2.92. The summed E-state index contributed by atoms with van der Waals surface area (Å²) < 4.78 is 0. The summed E-state index contributed by atoms with van der Waals surface area (Å²) in [6.45, 7) is 3.84. The smallest absolute Gasteiger partial charge is 0.102 e. The lowest BCUT2D eigenvalue weighted by Crippen LogP contribution is -1.95. The summed E-state index contributed by atoms with van der Waals surface area (Å²) in [7, 11) is 0. The molecular formula is C9H13NOS. The molecule has 0 aromatic carbocycles. The zero-order chi connectivity index (χ0) is 8.97. The predicted molar refractivity (Wildman–Crippen MR) is 51.3 cm³/mol. The van der Waals surface area contributed by atoms with E-state index >= 15 is 0 Å². The molecule has 0 radical (unpaired) electrons. The van der Waals surface area contributed by atoms with Gasteiger partial charge >= 0.3 is 0 Å². The van der Waals surface area contributed by atoms with Crippen LogP contribution in [0.5, 0.6) is 0 Å². The van der Waals surface area contributed by atoms with Crippen molar-refractivity contribution in [3.05, 3.63) is 23.9 Å². The summed E-state index contributed by atoms with van der Waals surface area (Å²) in [4.78, 5) is 4.19. The molecule has 0 aliphatic carbocycles. The second kappa shape index (κ2) is 4.48. The first-order valence-electron chi connectivity index (χ1n) is 4.01. The Morgan fingerprint density at radius 3 is 3.00 bits per heavy atom. The van der Waals surface area contributed by atoms with E-state index in [9.17, 15) is 5.11 Å². The van der Waals surface area contributed by atoms with Crippen LogP contribution < -0.4 is 0 Å². The zero-order valence-electron chi connectivity index (χ0n) is 7.32. The number of thioether (sulfide) groups is 1. The third-order valence-electron chi connectivity index (χ3n) is 1.53. The molecule has 66 valence electrons. The molecule has 1 heterocycles. The van der Waals surface area contributed by atoms with E-state index in [4.69, 9.17) is 0 Å². The average Bonchev–Trinajstić information content (AvgIpc) is 2.05. The molecular weight excluding hydrogens is 170 g/mol. The minimum atomic E-state index is -0.423. The third kappa shape index (κ3) is 2.22. The maximum atomic E-state index is 9.38. The van der Waals surface area contributed by atoms with E-state index in [0.717, 1.165) is 16.3 Å². The quantitative estimate of drug-likeness (QED) is 0.730. The van der Waals surface area contributed by atoms with Crippen LogP contribution in [-0.4, -0.2) is 15.8 Å². The van der Waals surface area contributed by atoms with Gasteiger partial charge in [0.2, 0.25) is 0 Å². The van der Waals surface area contributed by atoms with Crippen LogP contribution in [0.2, 0.25) is 0 Å². The first-order chi connectivity index (χ1) is 5.75. The fourth-order valence-corrected chi connectivity index (χ4v) is 1.79. The Morgan fingerprint density at radius 2 is 2.42 bits per heavy atom. The van der Waals surface area contributed by atoms with E-state index < -0.39 is 6.10 Å². The fourth-order valence-electron chi connectivity index (χ4n) is 0.979. The van der Waals surface area contributed by atoms with Crippen molar-refractivity contribution in [3.8, 4) is 0 Å². The normalized spacial score (nSPS) is 12.9. The fraction of sp³-hybridized carbons (Fsp3) is 0.444. The molecule has 0 saturated heterocycles. The van der Waals surface area contributed by atoms with E-state index in [2.05, 4.69) is 11.9 Å². The van der Waals surface area contributed by atoms with Crippen molar-refractivity contribution in [1.82, 2.24) is 4.98 Å². The van der Waals surface area contributed by atoms with Crippen molar-refractivity contribution in [1.29, 1.82) is 0 Å². The summed E-state index contributed by atoms with van der Waals surface area (Å²) in [5, 5.41) is 10.3. The highest BCUT2D eigenvalue weighted by Gasteiger charge is 2.07. The van der Waals surface area contributed by atoms with Gasteiger partial charge in [0.05, 0.1) is 6.10 Å². The molecule has 1 aromatic rings. The van der Waals surface area contributed by atoms with E-state index in [-0.39, 0.29) is 0 Å². The lowest BCUT2D eigenvalue weighted by Gasteiger charge is -2.08. The van der Waals surface area contributed by atoms with Crippen LogP contribution in [0.4, 0.5) is 0 Å². The minimum absolute atomic E-state index is 0.423. The maximum Gasteiger partial charge on any atom is 0.102 e. The molecule has 1 N–H and O–H groups in total. The molecule has 12 heavy (non-hydrogen) atoms. The van der Waals surface area contributed by atoms with Gasteiger partial charge in [-0.15, -0.1) is 11.8 Å². The third-order valence-corrected chi connectivity index (χ3v) is 2.43. The van der Waals surface area contributed by atoms with E-state index in [1.54, 1.807) is 24.9 Å². The molecule has 1 rings (SSSR count). The Kier molecular flexibility index (Phi) is 3.56. The number of hydrogen-bond donors (Lipinski definition) is 1. The largest absolute Gasteiger partial charge is 0.389 e. The van der Waals surface area contributed by atoms with Crippen LogP contribution >= 0.6 is 11.8 Å². The lowest BCUT2D eigenvalue weighted by atomic mass is 10.2. The molecule has 0 aliphatic rings. The van der Waals surface area contributed by atoms with Crippen molar-refractivity contribution in [2.45, 2.75) is 25.0 Å². The molecule has 1 atom stereocenters. The molecule has 1 aromatic heterocycles. The number of aromatic nitrogens is 1. The van der Waals surface area contributed by atoms with Gasteiger partial charge in [0.15, 0.2) is 0 Å². The van der Waals surface area contributed by atoms with Crippen LogP contribution in [-0.2, 0) is 0 Å². The second-order valence-corrected chi connectivity index (χ2v) is 3.76.